The molecule has 0 aliphatic rings. The fourth-order valence-corrected chi connectivity index (χ4v) is 3.57. The minimum atomic E-state index is -0.196. The molecule has 0 bridgehead atoms. The predicted molar refractivity (Wildman–Crippen MR) is 133 cm³/mol. The van der Waals surface area contributed by atoms with Gasteiger partial charge in [0.25, 0.3) is 5.91 Å². The molecule has 2 N–H and O–H groups in total. The number of fused-ring (bicyclic) bond motifs is 1. The lowest BCUT2D eigenvalue weighted by molar-refractivity contribution is 0.102. The summed E-state index contributed by atoms with van der Waals surface area (Å²) in [5.41, 5.74) is 3.77. The van der Waals surface area contributed by atoms with E-state index in [0.717, 1.165) is 28.0 Å². The highest BCUT2D eigenvalue weighted by atomic mass is 16.3. The van der Waals surface area contributed by atoms with E-state index in [2.05, 4.69) is 25.6 Å². The van der Waals surface area contributed by atoms with E-state index in [-0.39, 0.29) is 5.91 Å². The van der Waals surface area contributed by atoms with Gasteiger partial charge in [-0.2, -0.15) is 4.98 Å². The second-order valence-electron chi connectivity index (χ2n) is 7.88. The van der Waals surface area contributed by atoms with Crippen LogP contribution in [0, 0.1) is 0 Å². The number of nitrogens with zero attached hydrogens (tertiary/aromatic N) is 4. The molecule has 0 aliphatic carbocycles. The molecule has 2 heterocycles. The van der Waals surface area contributed by atoms with Crippen molar-refractivity contribution in [2.75, 3.05) is 29.6 Å². The van der Waals surface area contributed by atoms with Gasteiger partial charge in [0.05, 0.1) is 11.7 Å². The average Bonchev–Trinajstić information content (AvgIpc) is 3.40. The lowest BCUT2D eigenvalue weighted by Gasteiger charge is -2.16. The summed E-state index contributed by atoms with van der Waals surface area (Å²) in [6, 6.07) is 22.5. The van der Waals surface area contributed by atoms with E-state index < -0.39 is 0 Å². The summed E-state index contributed by atoms with van der Waals surface area (Å²) >= 11 is 0. The Kier molecular flexibility index (Phi) is 5.61. The van der Waals surface area contributed by atoms with Crippen LogP contribution in [0.2, 0.25) is 0 Å². The number of hydrogen-bond acceptors (Lipinski definition) is 7. The van der Waals surface area contributed by atoms with Crippen molar-refractivity contribution in [2.24, 2.45) is 0 Å². The fraction of sp³-hybridized carbons (Fsp3) is 0.0769. The van der Waals surface area contributed by atoms with Crippen molar-refractivity contribution >= 4 is 40.0 Å². The summed E-state index contributed by atoms with van der Waals surface area (Å²) in [5, 5.41) is 7.15. The van der Waals surface area contributed by atoms with Crippen molar-refractivity contribution in [2.45, 2.75) is 0 Å². The zero-order valence-corrected chi connectivity index (χ0v) is 18.7. The third-order valence-electron chi connectivity index (χ3n) is 5.27. The number of aromatic nitrogens is 3. The number of carbonyl (C=O) groups excluding carboxylic acids is 1. The van der Waals surface area contributed by atoms with Gasteiger partial charge in [-0.15, -0.1) is 0 Å². The van der Waals surface area contributed by atoms with E-state index in [1.807, 2.05) is 79.7 Å². The lowest BCUT2D eigenvalue weighted by atomic mass is 10.1. The van der Waals surface area contributed by atoms with Gasteiger partial charge in [-0.3, -0.25) is 4.79 Å². The van der Waals surface area contributed by atoms with Crippen molar-refractivity contribution in [1.82, 2.24) is 15.0 Å². The third kappa shape index (κ3) is 4.42. The minimum Gasteiger partial charge on any atom is -0.444 e. The normalized spacial score (nSPS) is 10.8. The van der Waals surface area contributed by atoms with Gasteiger partial charge in [0, 0.05) is 42.0 Å². The molecule has 3 aromatic carbocycles. The van der Waals surface area contributed by atoms with Crippen LogP contribution in [0.3, 0.4) is 0 Å². The summed E-state index contributed by atoms with van der Waals surface area (Å²) in [7, 11) is 3.91. The van der Waals surface area contributed by atoms with E-state index in [0.29, 0.717) is 23.0 Å². The molecule has 0 saturated carbocycles. The van der Waals surface area contributed by atoms with Gasteiger partial charge in [0.15, 0.2) is 12.2 Å². The number of rotatable bonds is 6. The van der Waals surface area contributed by atoms with E-state index in [9.17, 15) is 4.79 Å². The van der Waals surface area contributed by atoms with Gasteiger partial charge in [0.2, 0.25) is 5.95 Å². The van der Waals surface area contributed by atoms with E-state index in [4.69, 9.17) is 4.42 Å². The quantitative estimate of drug-likeness (QED) is 0.360. The smallest absolute Gasteiger partial charge is 0.255 e. The molecule has 5 aromatic rings. The van der Waals surface area contributed by atoms with Crippen LogP contribution < -0.4 is 15.5 Å². The topological polar surface area (TPSA) is 96.2 Å². The van der Waals surface area contributed by atoms with Crippen molar-refractivity contribution < 1.29 is 9.21 Å². The first-order chi connectivity index (χ1) is 16.6. The molecular weight excluding hydrogens is 428 g/mol. The molecule has 2 aromatic heterocycles. The fourth-order valence-electron chi connectivity index (χ4n) is 3.57. The average molecular weight is 451 g/mol. The van der Waals surface area contributed by atoms with Gasteiger partial charge in [-0.25, -0.2) is 9.97 Å². The molecule has 0 fully saturated rings. The van der Waals surface area contributed by atoms with Crippen LogP contribution in [0.4, 0.5) is 23.1 Å². The molecule has 34 heavy (non-hydrogen) atoms. The maximum atomic E-state index is 12.6. The second kappa shape index (κ2) is 9.03. The van der Waals surface area contributed by atoms with Crippen LogP contribution in [-0.2, 0) is 0 Å². The Bertz CT molecular complexity index is 1430. The molecule has 0 atom stereocenters. The Labute approximate surface area is 196 Å². The van der Waals surface area contributed by atoms with Gasteiger partial charge >= 0.3 is 0 Å². The number of benzene rings is 3. The standard InChI is InChI=1S/C26H22N6O2/c1-32(2)24-21-5-3-4-6-22(21)30-26(31-24)29-20-13-11-19(12-14-20)28-25(33)18-9-7-17(8-10-18)23-15-27-16-34-23/h3-16H,1-2H3,(H,28,33)(H,29,30,31). The zero-order valence-electron chi connectivity index (χ0n) is 18.7. The molecule has 8 heteroatoms. The van der Waals surface area contributed by atoms with Crippen LogP contribution in [0.15, 0.2) is 89.8 Å². The Hall–Kier alpha value is -4.72. The molecule has 0 saturated heterocycles. The summed E-state index contributed by atoms with van der Waals surface area (Å²) in [4.78, 5) is 27.8. The Morgan fingerprint density at radius 3 is 2.32 bits per heavy atom. The highest BCUT2D eigenvalue weighted by molar-refractivity contribution is 6.04. The molecule has 0 aliphatic heterocycles. The first kappa shape index (κ1) is 21.1. The number of para-hydroxylation sites is 1. The predicted octanol–water partition coefficient (Wildman–Crippen LogP) is 5.35. The van der Waals surface area contributed by atoms with Crippen LogP contribution in [0.5, 0.6) is 0 Å². The monoisotopic (exact) mass is 450 g/mol. The van der Waals surface area contributed by atoms with Gasteiger partial charge in [-0.1, -0.05) is 24.3 Å². The van der Waals surface area contributed by atoms with Crippen molar-refractivity contribution in [3.05, 3.63) is 91.0 Å². The number of carbonyl (C=O) groups is 1. The number of nitrogens with one attached hydrogen (secondary N) is 2. The molecule has 8 nitrogen and oxygen atoms in total. The summed E-state index contributed by atoms with van der Waals surface area (Å²) in [6.45, 7) is 0. The SMILES string of the molecule is CN(C)c1nc(Nc2ccc(NC(=O)c3ccc(-c4cnco4)cc3)cc2)nc2ccccc12. The molecule has 0 radical (unpaired) electrons. The van der Waals surface area contributed by atoms with Gasteiger partial charge in [0.1, 0.15) is 5.82 Å². The number of hydrogen-bond donors (Lipinski definition) is 2. The molecule has 0 spiro atoms. The van der Waals surface area contributed by atoms with Crippen LogP contribution in [0.1, 0.15) is 10.4 Å². The first-order valence-corrected chi connectivity index (χ1v) is 10.7. The van der Waals surface area contributed by atoms with Crippen molar-refractivity contribution in [3.63, 3.8) is 0 Å². The van der Waals surface area contributed by atoms with Gasteiger partial charge < -0.3 is 20.0 Å². The van der Waals surface area contributed by atoms with Crippen LogP contribution in [-0.4, -0.2) is 35.0 Å². The summed E-state index contributed by atoms with van der Waals surface area (Å²) < 4.78 is 5.28. The highest BCUT2D eigenvalue weighted by Crippen LogP contribution is 2.26. The third-order valence-corrected chi connectivity index (χ3v) is 5.27. The van der Waals surface area contributed by atoms with Gasteiger partial charge in [-0.05, 0) is 48.5 Å². The van der Waals surface area contributed by atoms with E-state index >= 15 is 0 Å². The Morgan fingerprint density at radius 2 is 1.62 bits per heavy atom. The maximum Gasteiger partial charge on any atom is 0.255 e. The summed E-state index contributed by atoms with van der Waals surface area (Å²) in [5.74, 6) is 1.80. The maximum absolute atomic E-state index is 12.6. The van der Waals surface area contributed by atoms with Crippen molar-refractivity contribution in [1.29, 1.82) is 0 Å². The van der Waals surface area contributed by atoms with Crippen LogP contribution in [0.25, 0.3) is 22.2 Å². The molecular formula is C26H22N6O2. The highest BCUT2D eigenvalue weighted by Gasteiger charge is 2.11. The van der Waals surface area contributed by atoms with E-state index in [1.54, 1.807) is 18.3 Å². The second-order valence-corrected chi connectivity index (χ2v) is 7.88. The Balaban J connectivity index is 1.28. The first-order valence-electron chi connectivity index (χ1n) is 10.7. The molecule has 168 valence electrons. The molecule has 1 amide bonds. The van der Waals surface area contributed by atoms with E-state index in [1.165, 1.54) is 6.39 Å². The van der Waals surface area contributed by atoms with Crippen LogP contribution >= 0.6 is 0 Å². The zero-order chi connectivity index (χ0) is 23.5. The Morgan fingerprint density at radius 1 is 0.882 bits per heavy atom. The largest absolute Gasteiger partial charge is 0.444 e. The number of oxazole rings is 1. The molecule has 5 rings (SSSR count). The molecule has 0 unspecified atom stereocenters. The number of amides is 1. The minimum absolute atomic E-state index is 0.196. The lowest BCUT2D eigenvalue weighted by Crippen LogP contribution is -2.13. The summed E-state index contributed by atoms with van der Waals surface area (Å²) in [6.07, 6.45) is 3.01. The van der Waals surface area contributed by atoms with Crippen molar-refractivity contribution in [3.8, 4) is 11.3 Å². The number of anilines is 4.